The predicted octanol–water partition coefficient (Wildman–Crippen LogP) is 0.134. The fourth-order valence-electron chi connectivity index (χ4n) is 2.66. The topological polar surface area (TPSA) is 109 Å². The molecule has 10 heteroatoms. The molecule has 1 unspecified atom stereocenters. The van der Waals surface area contributed by atoms with Gasteiger partial charge in [-0.15, -0.1) is 0 Å². The third-order valence-corrected chi connectivity index (χ3v) is 5.62. The predicted molar refractivity (Wildman–Crippen MR) is 108 cm³/mol. The summed E-state index contributed by atoms with van der Waals surface area (Å²) in [5, 5.41) is 5.20. The smallest absolute Gasteiger partial charge is 0.279 e. The molecule has 0 saturated carbocycles. The fourth-order valence-corrected chi connectivity index (χ4v) is 3.66. The van der Waals surface area contributed by atoms with Crippen LogP contribution >= 0.6 is 0 Å². The number of hydrogen-bond acceptors (Lipinski definition) is 4. The molecule has 29 heavy (non-hydrogen) atoms. The van der Waals surface area contributed by atoms with Crippen LogP contribution in [0, 0.1) is 12.7 Å². The lowest BCUT2D eigenvalue weighted by Crippen LogP contribution is -3.11. The molecule has 0 aliphatic heterocycles. The Balaban J connectivity index is 1.93. The quantitative estimate of drug-likeness (QED) is 0.484. The van der Waals surface area contributed by atoms with Crippen LogP contribution in [0.3, 0.4) is 0 Å². The van der Waals surface area contributed by atoms with Crippen LogP contribution in [0.5, 0.6) is 0 Å². The van der Waals surface area contributed by atoms with E-state index in [0.29, 0.717) is 21.8 Å². The van der Waals surface area contributed by atoms with Crippen LogP contribution in [-0.2, 0) is 19.6 Å². The molecule has 8 nitrogen and oxygen atoms in total. The van der Waals surface area contributed by atoms with Crippen molar-refractivity contribution in [3.8, 4) is 0 Å². The van der Waals surface area contributed by atoms with E-state index >= 15 is 0 Å². The highest BCUT2D eigenvalue weighted by atomic mass is 32.2. The highest BCUT2D eigenvalue weighted by Crippen LogP contribution is 2.19. The molecule has 2 aromatic carbocycles. The number of benzene rings is 2. The summed E-state index contributed by atoms with van der Waals surface area (Å²) in [4.78, 5) is 25.0. The summed E-state index contributed by atoms with van der Waals surface area (Å²) >= 11 is 0. The number of carbonyl (C=O) groups is 2. The van der Waals surface area contributed by atoms with Gasteiger partial charge in [0.2, 0.25) is 10.0 Å². The van der Waals surface area contributed by atoms with Crippen LogP contribution in [0.15, 0.2) is 47.4 Å². The lowest BCUT2D eigenvalue weighted by atomic mass is 10.2. The summed E-state index contributed by atoms with van der Waals surface area (Å²) in [5.41, 5.74) is 1.23. The van der Waals surface area contributed by atoms with Crippen molar-refractivity contribution in [2.75, 3.05) is 37.8 Å². The molecule has 0 aliphatic carbocycles. The maximum atomic E-state index is 13.2. The Morgan fingerprint density at radius 1 is 1.00 bits per heavy atom. The number of amides is 2. The van der Waals surface area contributed by atoms with Gasteiger partial charge in [-0.25, -0.2) is 17.5 Å². The van der Waals surface area contributed by atoms with Crippen molar-refractivity contribution < 1.29 is 27.3 Å². The van der Waals surface area contributed by atoms with Gasteiger partial charge in [0.1, 0.15) is 5.82 Å². The molecule has 0 fully saturated rings. The molecule has 0 radical (unpaired) electrons. The Kier molecular flexibility index (Phi) is 7.43. The van der Waals surface area contributed by atoms with Crippen molar-refractivity contribution >= 4 is 33.2 Å². The van der Waals surface area contributed by atoms with Crippen LogP contribution < -0.4 is 20.3 Å². The molecule has 0 aromatic heterocycles. The monoisotopic (exact) mass is 423 g/mol. The van der Waals surface area contributed by atoms with E-state index in [4.69, 9.17) is 0 Å². The first-order chi connectivity index (χ1) is 13.6. The van der Waals surface area contributed by atoms with Gasteiger partial charge in [-0.1, -0.05) is 12.1 Å². The second kappa shape index (κ2) is 9.59. The molecule has 0 saturated heterocycles. The average Bonchev–Trinajstić information content (AvgIpc) is 2.62. The molecule has 2 rings (SSSR count). The molecule has 0 bridgehead atoms. The first-order valence-corrected chi connectivity index (χ1v) is 10.3. The Morgan fingerprint density at radius 2 is 1.59 bits per heavy atom. The number of halogens is 1. The molecule has 156 valence electrons. The third kappa shape index (κ3) is 6.63. The number of nitrogens with one attached hydrogen (secondary N) is 4. The standard InChI is InChI=1S/C19H23FN4O4S/c1-13-7-8-16(10-17(13)29(27,28)21-2)23-19(26)12-24(3)11-18(25)22-15-6-4-5-14(20)9-15/h4-10,21H,11-12H2,1-3H3,(H,22,25)(H,23,26)/p+1. The summed E-state index contributed by atoms with van der Waals surface area (Å²) in [5.74, 6) is -1.20. The summed E-state index contributed by atoms with van der Waals surface area (Å²) in [6.45, 7) is 1.64. The van der Waals surface area contributed by atoms with Crippen molar-refractivity contribution in [1.29, 1.82) is 0 Å². The highest BCUT2D eigenvalue weighted by molar-refractivity contribution is 7.89. The van der Waals surface area contributed by atoms with E-state index in [1.54, 1.807) is 32.2 Å². The number of aryl methyl sites for hydroxylation is 1. The molecule has 2 amide bonds. The first kappa shape index (κ1) is 22.5. The van der Waals surface area contributed by atoms with Gasteiger partial charge in [0.25, 0.3) is 11.8 Å². The van der Waals surface area contributed by atoms with E-state index in [9.17, 15) is 22.4 Å². The van der Waals surface area contributed by atoms with Gasteiger partial charge >= 0.3 is 0 Å². The minimum atomic E-state index is -3.65. The average molecular weight is 423 g/mol. The SMILES string of the molecule is CNS(=O)(=O)c1cc(NC(=O)C[NH+](C)CC(=O)Nc2cccc(F)c2)ccc1C. The van der Waals surface area contributed by atoms with Gasteiger partial charge in [0.05, 0.1) is 11.9 Å². The number of quaternary nitrogens is 1. The van der Waals surface area contributed by atoms with E-state index in [1.807, 2.05) is 0 Å². The zero-order chi connectivity index (χ0) is 21.6. The van der Waals surface area contributed by atoms with E-state index in [-0.39, 0.29) is 29.8 Å². The summed E-state index contributed by atoms with van der Waals surface area (Å²) in [6.07, 6.45) is 0. The second-order valence-corrected chi connectivity index (χ2v) is 8.46. The van der Waals surface area contributed by atoms with Gasteiger partial charge < -0.3 is 15.5 Å². The van der Waals surface area contributed by atoms with Gasteiger partial charge in [0.15, 0.2) is 13.1 Å². The van der Waals surface area contributed by atoms with Crippen LogP contribution in [0.25, 0.3) is 0 Å². The molecule has 0 heterocycles. The van der Waals surface area contributed by atoms with Gasteiger partial charge in [-0.2, -0.15) is 0 Å². The highest BCUT2D eigenvalue weighted by Gasteiger charge is 2.18. The van der Waals surface area contributed by atoms with Crippen molar-refractivity contribution in [2.45, 2.75) is 11.8 Å². The van der Waals surface area contributed by atoms with Crippen LogP contribution in [0.4, 0.5) is 15.8 Å². The Morgan fingerprint density at radius 3 is 2.14 bits per heavy atom. The van der Waals surface area contributed by atoms with E-state index in [1.165, 1.54) is 31.3 Å². The van der Waals surface area contributed by atoms with E-state index in [0.717, 1.165) is 0 Å². The number of sulfonamides is 1. The van der Waals surface area contributed by atoms with Crippen LogP contribution in [0.1, 0.15) is 5.56 Å². The summed E-state index contributed by atoms with van der Waals surface area (Å²) < 4.78 is 39.5. The summed E-state index contributed by atoms with van der Waals surface area (Å²) in [7, 11) is -0.669. The number of rotatable bonds is 8. The van der Waals surface area contributed by atoms with Crippen molar-refractivity contribution in [3.63, 3.8) is 0 Å². The lowest BCUT2D eigenvalue weighted by molar-refractivity contribution is -0.862. The van der Waals surface area contributed by atoms with Gasteiger partial charge in [-0.05, 0) is 49.9 Å². The number of hydrogen-bond donors (Lipinski definition) is 4. The molecular weight excluding hydrogens is 399 g/mol. The van der Waals surface area contributed by atoms with Crippen LogP contribution in [-0.4, -0.2) is 47.4 Å². The zero-order valence-electron chi connectivity index (χ0n) is 16.4. The second-order valence-electron chi connectivity index (χ2n) is 6.61. The first-order valence-electron chi connectivity index (χ1n) is 8.81. The minimum Gasteiger partial charge on any atom is -0.322 e. The Hall–Kier alpha value is -2.82. The van der Waals surface area contributed by atoms with Gasteiger partial charge in [0, 0.05) is 11.4 Å². The van der Waals surface area contributed by atoms with Crippen molar-refractivity contribution in [1.82, 2.24) is 4.72 Å². The van der Waals surface area contributed by atoms with Crippen molar-refractivity contribution in [2.24, 2.45) is 0 Å². The number of anilines is 2. The molecule has 1 atom stereocenters. The minimum absolute atomic E-state index is 0.00276. The zero-order valence-corrected chi connectivity index (χ0v) is 17.2. The fraction of sp³-hybridized carbons (Fsp3) is 0.263. The number of carbonyl (C=O) groups excluding carboxylic acids is 2. The molecule has 0 aliphatic rings. The Bertz CT molecular complexity index is 1010. The molecular formula is C19H24FN4O4S+. The van der Waals surface area contributed by atoms with E-state index in [2.05, 4.69) is 15.4 Å². The molecule has 0 spiro atoms. The van der Waals surface area contributed by atoms with Crippen molar-refractivity contribution in [3.05, 3.63) is 53.8 Å². The van der Waals surface area contributed by atoms with E-state index < -0.39 is 15.8 Å². The maximum Gasteiger partial charge on any atom is 0.279 e. The lowest BCUT2D eigenvalue weighted by Gasteiger charge is -2.14. The summed E-state index contributed by atoms with van der Waals surface area (Å²) in [6, 6.07) is 10.1. The normalized spacial score (nSPS) is 12.3. The van der Waals surface area contributed by atoms with Crippen LogP contribution in [0.2, 0.25) is 0 Å². The maximum absolute atomic E-state index is 13.2. The molecule has 2 aromatic rings. The van der Waals surface area contributed by atoms with Gasteiger partial charge in [-0.3, -0.25) is 9.59 Å². The number of likely N-dealkylation sites (N-methyl/N-ethyl adjacent to an activating group) is 1. The largest absolute Gasteiger partial charge is 0.322 e. The third-order valence-electron chi connectivity index (χ3n) is 4.06. The Labute approximate surface area is 169 Å². The molecule has 4 N–H and O–H groups in total.